The lowest BCUT2D eigenvalue weighted by Gasteiger charge is -2.17. The summed E-state index contributed by atoms with van der Waals surface area (Å²) in [5.74, 6) is 0.671. The number of anilines is 1. The van der Waals surface area contributed by atoms with Crippen molar-refractivity contribution < 1.29 is 38.2 Å². The Morgan fingerprint density at radius 1 is 1.29 bits per heavy atom. The molecule has 13 heteroatoms. The summed E-state index contributed by atoms with van der Waals surface area (Å²) in [5.41, 5.74) is 6.87. The van der Waals surface area contributed by atoms with E-state index in [9.17, 15) is 14.8 Å². The zero-order valence-corrected chi connectivity index (χ0v) is 15.1. The molecule has 0 aromatic carbocycles. The Balaban J connectivity index is 1.73. The number of ether oxygens (including phenoxy) is 1. The predicted octanol–water partition coefficient (Wildman–Crippen LogP) is 0.00200. The minimum absolute atomic E-state index is 0.185. The molecule has 0 amide bonds. The van der Waals surface area contributed by atoms with Gasteiger partial charge in [-0.25, -0.2) is 14.5 Å². The molecule has 1 fully saturated rings. The number of aromatic nitrogens is 3. The number of nitrogens with two attached hydrogens (primary N) is 1. The van der Waals surface area contributed by atoms with Crippen molar-refractivity contribution in [1.29, 1.82) is 0 Å². The van der Waals surface area contributed by atoms with Gasteiger partial charge in [-0.2, -0.15) is 0 Å². The lowest BCUT2D eigenvalue weighted by molar-refractivity contribution is -0.0501. The maximum absolute atomic E-state index is 10.9. The maximum atomic E-state index is 10.9. The number of aliphatic hydroxyl groups is 2. The van der Waals surface area contributed by atoms with Crippen molar-refractivity contribution in [1.82, 2.24) is 14.5 Å². The minimum Gasteiger partial charge on any atom is -0.464 e. The first-order valence-corrected chi connectivity index (χ1v) is 9.66. The Kier molecular flexibility index (Phi) is 4.71. The number of furan rings is 1. The molecule has 1 aliphatic rings. The fourth-order valence-corrected chi connectivity index (χ4v) is 3.53. The third-order valence-electron chi connectivity index (χ3n) is 4.44. The Morgan fingerprint density at radius 3 is 2.75 bits per heavy atom. The molecule has 150 valence electrons. The normalized spacial score (nSPS) is 25.6. The van der Waals surface area contributed by atoms with E-state index < -0.39 is 39.0 Å². The molecule has 0 radical (unpaired) electrons. The maximum Gasteiger partial charge on any atom is 0.469 e. The molecule has 1 saturated heterocycles. The lowest BCUT2D eigenvalue weighted by atomic mass is 10.1. The summed E-state index contributed by atoms with van der Waals surface area (Å²) in [6.45, 7) is -0.611. The molecule has 12 nitrogen and oxygen atoms in total. The SMILES string of the molecule is Nc1ncnc2c1c(-c1ccco1)cn2[C@@H]1O[C@H](COP(=O)(O)O)C(O)[C@@H]1O. The van der Waals surface area contributed by atoms with Crippen LogP contribution in [-0.4, -0.2) is 59.5 Å². The van der Waals surface area contributed by atoms with E-state index in [0.29, 0.717) is 22.4 Å². The van der Waals surface area contributed by atoms with Gasteiger partial charge in [-0.1, -0.05) is 0 Å². The van der Waals surface area contributed by atoms with Gasteiger partial charge in [0.05, 0.1) is 18.3 Å². The molecule has 28 heavy (non-hydrogen) atoms. The summed E-state index contributed by atoms with van der Waals surface area (Å²) in [6.07, 6.45) is -0.828. The molecule has 4 rings (SSSR count). The van der Waals surface area contributed by atoms with Crippen LogP contribution in [0.4, 0.5) is 5.82 Å². The van der Waals surface area contributed by atoms with E-state index in [4.69, 9.17) is 24.7 Å². The first-order valence-electron chi connectivity index (χ1n) is 8.13. The number of hydrogen-bond donors (Lipinski definition) is 5. The van der Waals surface area contributed by atoms with E-state index in [1.54, 1.807) is 18.3 Å². The van der Waals surface area contributed by atoms with Crippen molar-refractivity contribution in [2.24, 2.45) is 0 Å². The van der Waals surface area contributed by atoms with Crippen LogP contribution in [-0.2, 0) is 13.8 Å². The van der Waals surface area contributed by atoms with Crippen molar-refractivity contribution in [3.05, 3.63) is 30.9 Å². The van der Waals surface area contributed by atoms with Gasteiger partial charge in [-0.3, -0.25) is 4.52 Å². The molecule has 4 atom stereocenters. The second-order valence-electron chi connectivity index (χ2n) is 6.22. The number of rotatable bonds is 5. The van der Waals surface area contributed by atoms with Gasteiger partial charge in [0.15, 0.2) is 6.23 Å². The molecule has 0 aliphatic carbocycles. The summed E-state index contributed by atoms with van der Waals surface area (Å²) in [7, 11) is -4.76. The van der Waals surface area contributed by atoms with E-state index in [2.05, 4.69) is 14.5 Å². The van der Waals surface area contributed by atoms with Crippen LogP contribution in [0, 0.1) is 0 Å². The van der Waals surface area contributed by atoms with Gasteiger partial charge in [0.25, 0.3) is 0 Å². The lowest BCUT2D eigenvalue weighted by Crippen LogP contribution is -2.33. The highest BCUT2D eigenvalue weighted by Crippen LogP contribution is 2.40. The van der Waals surface area contributed by atoms with Crippen LogP contribution in [0.2, 0.25) is 0 Å². The highest BCUT2D eigenvalue weighted by Gasteiger charge is 2.45. The highest BCUT2D eigenvalue weighted by atomic mass is 31.2. The molecular weight excluding hydrogens is 395 g/mol. The van der Waals surface area contributed by atoms with Gasteiger partial charge in [-0.05, 0) is 12.1 Å². The number of nitrogen functional groups attached to an aromatic ring is 1. The molecule has 6 N–H and O–H groups in total. The summed E-state index contributed by atoms with van der Waals surface area (Å²) in [4.78, 5) is 25.8. The van der Waals surface area contributed by atoms with Crippen LogP contribution < -0.4 is 5.73 Å². The number of phosphoric ester groups is 1. The van der Waals surface area contributed by atoms with Gasteiger partial charge in [0.2, 0.25) is 0 Å². The van der Waals surface area contributed by atoms with Crippen molar-refractivity contribution in [2.75, 3.05) is 12.3 Å². The van der Waals surface area contributed by atoms with E-state index in [0.717, 1.165) is 0 Å². The number of phosphoric acid groups is 1. The van der Waals surface area contributed by atoms with Crippen LogP contribution in [0.15, 0.2) is 35.3 Å². The predicted molar refractivity (Wildman–Crippen MR) is 93.6 cm³/mol. The zero-order valence-electron chi connectivity index (χ0n) is 14.2. The average molecular weight is 412 g/mol. The Hall–Kier alpha value is -2.31. The average Bonchev–Trinajstić information content (AvgIpc) is 3.33. The number of aliphatic hydroxyl groups excluding tert-OH is 2. The van der Waals surface area contributed by atoms with E-state index in [-0.39, 0.29) is 5.82 Å². The quantitative estimate of drug-likeness (QED) is 0.355. The summed E-state index contributed by atoms with van der Waals surface area (Å²) in [6, 6.07) is 3.40. The second-order valence-corrected chi connectivity index (χ2v) is 7.46. The largest absolute Gasteiger partial charge is 0.469 e. The van der Waals surface area contributed by atoms with Gasteiger partial charge in [0, 0.05) is 11.8 Å². The van der Waals surface area contributed by atoms with Crippen molar-refractivity contribution in [2.45, 2.75) is 24.5 Å². The number of hydrogen-bond acceptors (Lipinski definition) is 9. The third-order valence-corrected chi connectivity index (χ3v) is 4.93. The Labute approximate surface area is 157 Å². The summed E-state index contributed by atoms with van der Waals surface area (Å²) >= 11 is 0. The number of nitrogens with zero attached hydrogens (tertiary/aromatic N) is 3. The molecule has 0 bridgehead atoms. The van der Waals surface area contributed by atoms with Crippen molar-refractivity contribution in [3.8, 4) is 11.3 Å². The van der Waals surface area contributed by atoms with Crippen LogP contribution in [0.5, 0.6) is 0 Å². The first kappa shape index (κ1) is 19.0. The fraction of sp³-hybridized carbons (Fsp3) is 0.333. The molecule has 0 saturated carbocycles. The Morgan fingerprint density at radius 2 is 2.07 bits per heavy atom. The topological polar surface area (TPSA) is 186 Å². The fourth-order valence-electron chi connectivity index (χ4n) is 3.19. The Bertz CT molecular complexity index is 1030. The smallest absolute Gasteiger partial charge is 0.464 e. The minimum atomic E-state index is -4.76. The summed E-state index contributed by atoms with van der Waals surface area (Å²) in [5, 5.41) is 21.1. The molecule has 1 aliphatic heterocycles. The molecule has 4 heterocycles. The van der Waals surface area contributed by atoms with Gasteiger partial charge in [0.1, 0.15) is 41.9 Å². The highest BCUT2D eigenvalue weighted by molar-refractivity contribution is 7.46. The zero-order chi connectivity index (χ0) is 20.1. The van der Waals surface area contributed by atoms with Crippen LogP contribution in [0.3, 0.4) is 0 Å². The van der Waals surface area contributed by atoms with E-state index in [1.807, 2.05) is 0 Å². The van der Waals surface area contributed by atoms with E-state index in [1.165, 1.54) is 17.2 Å². The third kappa shape index (κ3) is 3.31. The van der Waals surface area contributed by atoms with Crippen LogP contribution >= 0.6 is 7.82 Å². The molecule has 3 aromatic rings. The second kappa shape index (κ2) is 6.94. The molecule has 1 unspecified atom stereocenters. The standard InChI is InChI=1S/C15H17N4O8P/c16-13-10-7(8-2-1-3-25-8)4-19(14(10)18-6-17-13)15-12(21)11(20)9(27-15)5-26-28(22,23)24/h1-4,6,9,11-12,15,20-21H,5H2,(H2,16,17,18)(H2,22,23,24)/t9-,11?,12+,15-/m1/s1. The van der Waals surface area contributed by atoms with Crippen LogP contribution in [0.1, 0.15) is 6.23 Å². The van der Waals surface area contributed by atoms with Crippen molar-refractivity contribution >= 4 is 24.7 Å². The van der Waals surface area contributed by atoms with Gasteiger partial charge < -0.3 is 39.5 Å². The molecule has 3 aromatic heterocycles. The van der Waals surface area contributed by atoms with Gasteiger partial charge in [-0.15, -0.1) is 0 Å². The monoisotopic (exact) mass is 412 g/mol. The molecular formula is C15H17N4O8P. The number of fused-ring (bicyclic) bond motifs is 1. The van der Waals surface area contributed by atoms with Crippen LogP contribution in [0.25, 0.3) is 22.4 Å². The van der Waals surface area contributed by atoms with Crippen molar-refractivity contribution in [3.63, 3.8) is 0 Å². The van der Waals surface area contributed by atoms with E-state index >= 15 is 0 Å². The molecule has 0 spiro atoms. The first-order chi connectivity index (χ1) is 13.3. The summed E-state index contributed by atoms with van der Waals surface area (Å²) < 4.78 is 27.8. The van der Waals surface area contributed by atoms with Gasteiger partial charge >= 0.3 is 7.82 Å².